The minimum atomic E-state index is -4.50. The fraction of sp³-hybridized carbons (Fsp3) is 0.250. The maximum atomic E-state index is 12.2. The van der Waals surface area contributed by atoms with Gasteiger partial charge in [0.25, 0.3) is 0 Å². The van der Waals surface area contributed by atoms with Crippen molar-refractivity contribution in [2.75, 3.05) is 10.6 Å². The quantitative estimate of drug-likeness (QED) is 0.847. The number of nitrogens with one attached hydrogen (secondary N) is 1. The molecule has 1 rings (SSSR count). The number of anilines is 1. The topological polar surface area (TPSA) is 42.0 Å². The second-order valence-electron chi connectivity index (χ2n) is 2.61. The molecule has 1 heterocycles. The highest BCUT2D eigenvalue weighted by molar-refractivity contribution is 9.09. The van der Waals surface area contributed by atoms with Crippen molar-refractivity contribution in [2.24, 2.45) is 0 Å². The van der Waals surface area contributed by atoms with Gasteiger partial charge in [-0.1, -0.05) is 15.9 Å². The van der Waals surface area contributed by atoms with Gasteiger partial charge in [-0.05, 0) is 12.1 Å². The van der Waals surface area contributed by atoms with Crippen molar-refractivity contribution in [2.45, 2.75) is 6.18 Å². The lowest BCUT2D eigenvalue weighted by Crippen LogP contribution is -2.14. The van der Waals surface area contributed by atoms with Gasteiger partial charge in [-0.25, -0.2) is 0 Å². The number of nitrogens with zero attached hydrogens (tertiary/aromatic N) is 1. The first-order valence-corrected chi connectivity index (χ1v) is 4.94. The van der Waals surface area contributed by atoms with E-state index in [2.05, 4.69) is 26.2 Å². The molecule has 3 nitrogen and oxygen atoms in total. The Hall–Kier alpha value is -1.11. The van der Waals surface area contributed by atoms with E-state index in [9.17, 15) is 18.0 Å². The van der Waals surface area contributed by atoms with Crippen molar-refractivity contribution in [3.8, 4) is 0 Å². The van der Waals surface area contributed by atoms with Crippen molar-refractivity contribution in [3.63, 3.8) is 0 Å². The Morgan fingerprint density at radius 1 is 1.53 bits per heavy atom. The fourth-order valence-corrected chi connectivity index (χ4v) is 0.998. The summed E-state index contributed by atoms with van der Waals surface area (Å²) in [6.07, 6.45) is -3.51. The zero-order valence-electron chi connectivity index (χ0n) is 7.31. The Labute approximate surface area is 91.8 Å². The largest absolute Gasteiger partial charge is 0.433 e. The van der Waals surface area contributed by atoms with E-state index in [1.807, 2.05) is 0 Å². The molecule has 1 aromatic heterocycles. The van der Waals surface area contributed by atoms with Crippen molar-refractivity contribution in [3.05, 3.63) is 24.0 Å². The molecule has 0 aliphatic heterocycles. The lowest BCUT2D eigenvalue weighted by atomic mass is 10.3. The second kappa shape index (κ2) is 4.61. The molecule has 0 aliphatic rings. The number of amides is 1. The summed E-state index contributed by atoms with van der Waals surface area (Å²) in [5.74, 6) is -0.422. The first-order valence-electron chi connectivity index (χ1n) is 3.82. The highest BCUT2D eigenvalue weighted by Gasteiger charge is 2.32. The number of hydrogen-bond donors (Lipinski definition) is 1. The van der Waals surface area contributed by atoms with Gasteiger partial charge in [0.1, 0.15) is 5.69 Å². The van der Waals surface area contributed by atoms with Crippen molar-refractivity contribution < 1.29 is 18.0 Å². The van der Waals surface area contributed by atoms with Gasteiger partial charge in [0.05, 0.1) is 5.33 Å². The molecule has 0 bridgehead atoms. The van der Waals surface area contributed by atoms with E-state index in [4.69, 9.17) is 0 Å². The Balaban J connectivity index is 2.88. The highest BCUT2D eigenvalue weighted by Crippen LogP contribution is 2.28. The SMILES string of the molecule is O=C(CBr)Nc1ccnc(C(F)(F)F)c1. The molecular formula is C8H6BrF3N2O. The van der Waals surface area contributed by atoms with Gasteiger partial charge in [-0.2, -0.15) is 13.2 Å². The molecule has 7 heteroatoms. The van der Waals surface area contributed by atoms with Crippen LogP contribution in [0, 0.1) is 0 Å². The monoisotopic (exact) mass is 282 g/mol. The maximum absolute atomic E-state index is 12.2. The Kier molecular flexibility index (Phi) is 3.67. The molecular weight excluding hydrogens is 277 g/mol. The molecule has 0 aromatic carbocycles. The van der Waals surface area contributed by atoms with Crippen LogP contribution in [0.25, 0.3) is 0 Å². The maximum Gasteiger partial charge on any atom is 0.433 e. The first kappa shape index (κ1) is 12.0. The average Bonchev–Trinajstić information content (AvgIpc) is 2.17. The third kappa shape index (κ3) is 3.50. The van der Waals surface area contributed by atoms with Crippen LogP contribution in [0.4, 0.5) is 18.9 Å². The predicted molar refractivity (Wildman–Crippen MR) is 51.7 cm³/mol. The summed E-state index contributed by atoms with van der Waals surface area (Å²) in [6, 6.07) is 2.07. The summed E-state index contributed by atoms with van der Waals surface area (Å²) in [5, 5.41) is 2.30. The van der Waals surface area contributed by atoms with Crippen molar-refractivity contribution >= 4 is 27.5 Å². The molecule has 0 saturated carbocycles. The lowest BCUT2D eigenvalue weighted by Gasteiger charge is -2.07. The van der Waals surface area contributed by atoms with Crippen LogP contribution >= 0.6 is 15.9 Å². The molecule has 0 saturated heterocycles. The summed E-state index contributed by atoms with van der Waals surface area (Å²) in [7, 11) is 0. The summed E-state index contributed by atoms with van der Waals surface area (Å²) in [6.45, 7) is 0. The molecule has 1 amide bonds. The molecule has 82 valence electrons. The van der Waals surface area contributed by atoms with Crippen LogP contribution in [0.3, 0.4) is 0 Å². The molecule has 15 heavy (non-hydrogen) atoms. The van der Waals surface area contributed by atoms with E-state index in [-0.39, 0.29) is 11.0 Å². The van der Waals surface area contributed by atoms with E-state index >= 15 is 0 Å². The molecule has 0 unspecified atom stereocenters. The third-order valence-corrected chi connectivity index (χ3v) is 1.96. The Morgan fingerprint density at radius 2 is 2.20 bits per heavy atom. The minimum Gasteiger partial charge on any atom is -0.325 e. The summed E-state index contributed by atoms with van der Waals surface area (Å²) < 4.78 is 36.6. The van der Waals surface area contributed by atoms with Crippen LogP contribution in [0.5, 0.6) is 0 Å². The fourth-order valence-electron chi connectivity index (χ4n) is 0.858. The summed E-state index contributed by atoms with van der Waals surface area (Å²) in [4.78, 5) is 14.0. The first-order chi connectivity index (χ1) is 6.93. The van der Waals surface area contributed by atoms with Gasteiger partial charge < -0.3 is 5.32 Å². The smallest absolute Gasteiger partial charge is 0.325 e. The zero-order valence-corrected chi connectivity index (χ0v) is 8.89. The number of hydrogen-bond acceptors (Lipinski definition) is 2. The zero-order chi connectivity index (χ0) is 11.5. The normalized spacial score (nSPS) is 11.2. The van der Waals surface area contributed by atoms with Crippen LogP contribution in [-0.2, 0) is 11.0 Å². The molecule has 0 spiro atoms. The number of alkyl halides is 4. The average molecular weight is 283 g/mol. The number of halogens is 4. The number of aromatic nitrogens is 1. The van der Waals surface area contributed by atoms with Gasteiger partial charge in [0.2, 0.25) is 5.91 Å². The van der Waals surface area contributed by atoms with Crippen LogP contribution in [-0.4, -0.2) is 16.2 Å². The van der Waals surface area contributed by atoms with E-state index in [1.54, 1.807) is 0 Å². The molecule has 0 aliphatic carbocycles. The van der Waals surface area contributed by atoms with E-state index in [0.29, 0.717) is 0 Å². The lowest BCUT2D eigenvalue weighted by molar-refractivity contribution is -0.141. The number of carbonyl (C=O) groups excluding carboxylic acids is 1. The van der Waals surface area contributed by atoms with Crippen molar-refractivity contribution in [1.82, 2.24) is 4.98 Å². The number of carbonyl (C=O) groups is 1. The minimum absolute atomic E-state index is 0.0245. The third-order valence-electron chi connectivity index (χ3n) is 1.46. The molecule has 0 atom stereocenters. The van der Waals surface area contributed by atoms with E-state index in [0.717, 1.165) is 12.3 Å². The second-order valence-corrected chi connectivity index (χ2v) is 3.17. The van der Waals surface area contributed by atoms with Gasteiger partial charge in [0.15, 0.2) is 0 Å². The predicted octanol–water partition coefficient (Wildman–Crippen LogP) is 2.43. The van der Waals surface area contributed by atoms with Crippen LogP contribution in [0.15, 0.2) is 18.3 Å². The van der Waals surface area contributed by atoms with E-state index in [1.165, 1.54) is 6.07 Å². The van der Waals surface area contributed by atoms with Crippen molar-refractivity contribution in [1.29, 1.82) is 0 Å². The molecule has 1 aromatic rings. The molecule has 0 radical (unpaired) electrons. The standard InChI is InChI=1S/C8H6BrF3N2O/c9-4-7(15)14-5-1-2-13-6(3-5)8(10,11)12/h1-3H,4H2,(H,13,14,15). The van der Waals surface area contributed by atoms with Gasteiger partial charge in [-0.3, -0.25) is 9.78 Å². The van der Waals surface area contributed by atoms with Crippen LogP contribution in [0.2, 0.25) is 0 Å². The van der Waals surface area contributed by atoms with Gasteiger partial charge in [0, 0.05) is 11.9 Å². The highest BCUT2D eigenvalue weighted by atomic mass is 79.9. The summed E-state index contributed by atoms with van der Waals surface area (Å²) >= 11 is 2.88. The van der Waals surface area contributed by atoms with Crippen LogP contribution in [0.1, 0.15) is 5.69 Å². The summed E-state index contributed by atoms with van der Waals surface area (Å²) in [5.41, 5.74) is -0.961. The van der Waals surface area contributed by atoms with E-state index < -0.39 is 17.8 Å². The molecule has 1 N–H and O–H groups in total. The number of pyridine rings is 1. The Bertz CT molecular complexity index is 367. The van der Waals surface area contributed by atoms with Crippen LogP contribution < -0.4 is 5.32 Å². The van der Waals surface area contributed by atoms with Gasteiger partial charge >= 0.3 is 6.18 Å². The number of rotatable bonds is 2. The molecule has 0 fully saturated rings. The Morgan fingerprint density at radius 3 is 2.73 bits per heavy atom. The van der Waals surface area contributed by atoms with Gasteiger partial charge in [-0.15, -0.1) is 0 Å².